The van der Waals surface area contributed by atoms with E-state index in [0.717, 1.165) is 27.8 Å². The Labute approximate surface area is 157 Å². The smallest absolute Gasteiger partial charge is 0.244 e. The van der Waals surface area contributed by atoms with Gasteiger partial charge in [0.1, 0.15) is 17.1 Å². The second-order valence-corrected chi connectivity index (χ2v) is 6.16. The minimum Gasteiger partial charge on any atom is -0.491 e. The van der Waals surface area contributed by atoms with Crippen LogP contribution in [0.2, 0.25) is 0 Å². The molecule has 0 aliphatic carbocycles. The predicted molar refractivity (Wildman–Crippen MR) is 105 cm³/mol. The normalized spacial score (nSPS) is 11.4. The van der Waals surface area contributed by atoms with E-state index in [0.29, 0.717) is 19.6 Å². The number of rotatable bonds is 7. The standard InChI is InChI=1S/C22H21FN2O2/c1-16(17-8-10-19(23)11-9-17)15-21(26)24-13-4-14-27-20-7-2-5-18-6-3-12-25-22(18)20/h2-3,5-12,15H,4,13-14H2,1H3,(H,24,26)/b16-15-. The minimum atomic E-state index is -0.294. The third-order valence-electron chi connectivity index (χ3n) is 4.12. The van der Waals surface area contributed by atoms with Gasteiger partial charge in [-0.3, -0.25) is 9.78 Å². The number of pyridine rings is 1. The summed E-state index contributed by atoms with van der Waals surface area (Å²) >= 11 is 0. The molecule has 1 aromatic heterocycles. The maximum atomic E-state index is 12.9. The van der Waals surface area contributed by atoms with Crippen molar-refractivity contribution >= 4 is 22.4 Å². The monoisotopic (exact) mass is 364 g/mol. The number of para-hydroxylation sites is 1. The van der Waals surface area contributed by atoms with Crippen molar-refractivity contribution in [2.75, 3.05) is 13.2 Å². The number of carbonyl (C=O) groups excluding carboxylic acids is 1. The summed E-state index contributed by atoms with van der Waals surface area (Å²) in [6, 6.07) is 15.8. The summed E-state index contributed by atoms with van der Waals surface area (Å²) in [6.45, 7) is 2.81. The molecule has 0 bridgehead atoms. The second kappa shape index (κ2) is 8.94. The lowest BCUT2D eigenvalue weighted by molar-refractivity contribution is -0.116. The number of benzene rings is 2. The first-order chi connectivity index (χ1) is 13.1. The Bertz CT molecular complexity index is 947. The van der Waals surface area contributed by atoms with Gasteiger partial charge in [-0.15, -0.1) is 0 Å². The molecule has 0 fully saturated rings. The Morgan fingerprint density at radius 1 is 1.15 bits per heavy atom. The molecule has 0 atom stereocenters. The number of nitrogens with one attached hydrogen (secondary N) is 1. The third kappa shape index (κ3) is 5.14. The highest BCUT2D eigenvalue weighted by Crippen LogP contribution is 2.22. The largest absolute Gasteiger partial charge is 0.491 e. The maximum absolute atomic E-state index is 12.9. The zero-order chi connectivity index (χ0) is 19.1. The molecule has 1 heterocycles. The van der Waals surface area contributed by atoms with E-state index in [1.165, 1.54) is 18.2 Å². The van der Waals surface area contributed by atoms with Crippen LogP contribution in [0.15, 0.2) is 66.9 Å². The van der Waals surface area contributed by atoms with Crippen molar-refractivity contribution in [2.24, 2.45) is 0 Å². The number of aromatic nitrogens is 1. The van der Waals surface area contributed by atoms with Crippen LogP contribution in [-0.2, 0) is 4.79 Å². The van der Waals surface area contributed by atoms with Crippen LogP contribution in [-0.4, -0.2) is 24.0 Å². The fourth-order valence-electron chi connectivity index (χ4n) is 2.70. The number of amides is 1. The molecule has 138 valence electrons. The average molecular weight is 364 g/mol. The van der Waals surface area contributed by atoms with Gasteiger partial charge in [0, 0.05) is 24.2 Å². The first-order valence-electron chi connectivity index (χ1n) is 8.82. The van der Waals surface area contributed by atoms with E-state index in [1.807, 2.05) is 37.3 Å². The van der Waals surface area contributed by atoms with E-state index in [1.54, 1.807) is 18.3 Å². The molecular weight excluding hydrogens is 343 g/mol. The highest BCUT2D eigenvalue weighted by molar-refractivity contribution is 5.94. The molecular formula is C22H21FN2O2. The minimum absolute atomic E-state index is 0.177. The Hall–Kier alpha value is -3.21. The number of hydrogen-bond acceptors (Lipinski definition) is 3. The summed E-state index contributed by atoms with van der Waals surface area (Å²) in [6.07, 6.45) is 3.94. The van der Waals surface area contributed by atoms with Gasteiger partial charge >= 0.3 is 0 Å². The van der Waals surface area contributed by atoms with E-state index in [4.69, 9.17) is 4.74 Å². The van der Waals surface area contributed by atoms with Crippen LogP contribution in [0.4, 0.5) is 4.39 Å². The number of halogens is 1. The van der Waals surface area contributed by atoms with Gasteiger partial charge in [0.2, 0.25) is 5.91 Å². The van der Waals surface area contributed by atoms with E-state index in [-0.39, 0.29) is 11.7 Å². The van der Waals surface area contributed by atoms with Gasteiger partial charge < -0.3 is 10.1 Å². The van der Waals surface area contributed by atoms with Crippen molar-refractivity contribution in [3.05, 3.63) is 78.3 Å². The number of allylic oxidation sites excluding steroid dienone is 1. The molecule has 3 aromatic rings. The summed E-state index contributed by atoms with van der Waals surface area (Å²) < 4.78 is 18.7. The quantitative estimate of drug-likeness (QED) is 0.500. The lowest BCUT2D eigenvalue weighted by Crippen LogP contribution is -2.23. The number of carbonyl (C=O) groups is 1. The van der Waals surface area contributed by atoms with Crippen LogP contribution in [0.25, 0.3) is 16.5 Å². The first-order valence-corrected chi connectivity index (χ1v) is 8.82. The van der Waals surface area contributed by atoms with E-state index in [9.17, 15) is 9.18 Å². The Morgan fingerprint density at radius 3 is 2.74 bits per heavy atom. The highest BCUT2D eigenvalue weighted by atomic mass is 19.1. The number of hydrogen-bond donors (Lipinski definition) is 1. The molecule has 0 saturated heterocycles. The fourth-order valence-corrected chi connectivity index (χ4v) is 2.70. The molecule has 4 nitrogen and oxygen atoms in total. The summed E-state index contributed by atoms with van der Waals surface area (Å²) in [4.78, 5) is 16.3. The molecule has 27 heavy (non-hydrogen) atoms. The average Bonchev–Trinajstić information content (AvgIpc) is 2.68. The third-order valence-corrected chi connectivity index (χ3v) is 4.12. The topological polar surface area (TPSA) is 51.2 Å². The predicted octanol–water partition coefficient (Wildman–Crippen LogP) is 4.36. The van der Waals surface area contributed by atoms with Crippen LogP contribution in [0.5, 0.6) is 5.75 Å². The summed E-state index contributed by atoms with van der Waals surface area (Å²) in [5, 5.41) is 3.87. The van der Waals surface area contributed by atoms with Crippen molar-refractivity contribution in [1.29, 1.82) is 0 Å². The molecule has 0 saturated carbocycles. The van der Waals surface area contributed by atoms with Crippen molar-refractivity contribution < 1.29 is 13.9 Å². The Morgan fingerprint density at radius 2 is 1.93 bits per heavy atom. The number of ether oxygens (including phenoxy) is 1. The molecule has 3 rings (SSSR count). The van der Waals surface area contributed by atoms with Crippen molar-refractivity contribution in [1.82, 2.24) is 10.3 Å². The Balaban J connectivity index is 1.45. The summed E-state index contributed by atoms with van der Waals surface area (Å²) in [5.41, 5.74) is 2.44. The second-order valence-electron chi connectivity index (χ2n) is 6.16. The molecule has 1 amide bonds. The molecule has 0 unspecified atom stereocenters. The molecule has 0 spiro atoms. The number of nitrogens with zero attached hydrogens (tertiary/aromatic N) is 1. The molecule has 2 aromatic carbocycles. The molecule has 0 aliphatic rings. The van der Waals surface area contributed by atoms with Crippen LogP contribution in [0.3, 0.4) is 0 Å². The molecule has 0 radical (unpaired) electrons. The molecule has 5 heteroatoms. The van der Waals surface area contributed by atoms with Gasteiger partial charge in [-0.05, 0) is 48.7 Å². The van der Waals surface area contributed by atoms with Gasteiger partial charge in [0.25, 0.3) is 0 Å². The van der Waals surface area contributed by atoms with Crippen molar-refractivity contribution in [3.63, 3.8) is 0 Å². The van der Waals surface area contributed by atoms with Crippen LogP contribution in [0, 0.1) is 5.82 Å². The van der Waals surface area contributed by atoms with Crippen LogP contribution >= 0.6 is 0 Å². The molecule has 1 N–H and O–H groups in total. The van der Waals surface area contributed by atoms with E-state index >= 15 is 0 Å². The van der Waals surface area contributed by atoms with E-state index < -0.39 is 0 Å². The lowest BCUT2D eigenvalue weighted by atomic mass is 10.1. The number of fused-ring (bicyclic) bond motifs is 1. The summed E-state index contributed by atoms with van der Waals surface area (Å²) in [5.74, 6) is 0.271. The fraction of sp³-hybridized carbons (Fsp3) is 0.182. The summed E-state index contributed by atoms with van der Waals surface area (Å²) in [7, 11) is 0. The SMILES string of the molecule is C/C(=C/C(=O)NCCCOc1cccc2cccnc12)c1ccc(F)cc1. The van der Waals surface area contributed by atoms with Gasteiger partial charge in [-0.25, -0.2) is 4.39 Å². The molecule has 0 aliphatic heterocycles. The van der Waals surface area contributed by atoms with Gasteiger partial charge in [-0.2, -0.15) is 0 Å². The van der Waals surface area contributed by atoms with Crippen molar-refractivity contribution in [2.45, 2.75) is 13.3 Å². The van der Waals surface area contributed by atoms with Crippen molar-refractivity contribution in [3.8, 4) is 5.75 Å². The maximum Gasteiger partial charge on any atom is 0.244 e. The zero-order valence-corrected chi connectivity index (χ0v) is 15.1. The van der Waals surface area contributed by atoms with Gasteiger partial charge in [0.15, 0.2) is 0 Å². The highest BCUT2D eigenvalue weighted by Gasteiger charge is 2.03. The Kier molecular flexibility index (Phi) is 6.15. The lowest BCUT2D eigenvalue weighted by Gasteiger charge is -2.09. The van der Waals surface area contributed by atoms with Crippen LogP contribution in [0.1, 0.15) is 18.9 Å². The van der Waals surface area contributed by atoms with Crippen LogP contribution < -0.4 is 10.1 Å². The van der Waals surface area contributed by atoms with Gasteiger partial charge in [0.05, 0.1) is 6.61 Å². The van der Waals surface area contributed by atoms with E-state index in [2.05, 4.69) is 10.3 Å². The zero-order valence-electron chi connectivity index (χ0n) is 15.1. The first kappa shape index (κ1) is 18.6. The van der Waals surface area contributed by atoms with Gasteiger partial charge in [-0.1, -0.05) is 30.3 Å².